The molecule has 0 bridgehead atoms. The topological polar surface area (TPSA) is 71.0 Å². The summed E-state index contributed by atoms with van der Waals surface area (Å²) >= 11 is 1.63. The van der Waals surface area contributed by atoms with Crippen LogP contribution in [0, 0.1) is 0 Å². The molecule has 1 amide bonds. The van der Waals surface area contributed by atoms with Gasteiger partial charge in [0, 0.05) is 35.5 Å². The van der Waals surface area contributed by atoms with Crippen LogP contribution < -0.4 is 10.2 Å². The molecule has 3 heterocycles. The molecule has 0 atom stereocenters. The van der Waals surface area contributed by atoms with E-state index in [1.807, 2.05) is 18.2 Å². The molecule has 27 heavy (non-hydrogen) atoms. The number of rotatable bonds is 5. The maximum atomic E-state index is 11.9. The first-order valence-corrected chi connectivity index (χ1v) is 10.1. The minimum atomic E-state index is 0.121. The van der Waals surface area contributed by atoms with Crippen molar-refractivity contribution in [3.63, 3.8) is 0 Å². The van der Waals surface area contributed by atoms with Crippen LogP contribution in [-0.4, -0.2) is 33.4 Å². The molecule has 2 aromatic heterocycles. The van der Waals surface area contributed by atoms with Crippen molar-refractivity contribution in [1.29, 1.82) is 0 Å². The molecule has 7 heteroatoms. The smallest absolute Gasteiger partial charge is 0.228 e. The maximum absolute atomic E-state index is 11.9. The fourth-order valence-corrected chi connectivity index (χ4v) is 4.07. The molecular weight excluding hydrogens is 358 g/mol. The Morgan fingerprint density at radius 2 is 1.89 bits per heavy atom. The molecule has 6 nitrogen and oxygen atoms in total. The first-order chi connectivity index (χ1) is 13.3. The third-order valence-corrected chi connectivity index (χ3v) is 5.65. The summed E-state index contributed by atoms with van der Waals surface area (Å²) in [6, 6.07) is 8.69. The lowest BCUT2D eigenvalue weighted by Crippen LogP contribution is -2.24. The van der Waals surface area contributed by atoms with Crippen LogP contribution in [0.4, 0.5) is 10.9 Å². The highest BCUT2D eigenvalue weighted by molar-refractivity contribution is 7.14. The molecule has 2 aliphatic rings. The Morgan fingerprint density at radius 1 is 1.07 bits per heavy atom. The fourth-order valence-electron chi connectivity index (χ4n) is 3.29. The summed E-state index contributed by atoms with van der Waals surface area (Å²) in [6.45, 7) is 0.721. The summed E-state index contributed by atoms with van der Waals surface area (Å²) in [4.78, 5) is 27.4. The molecule has 1 saturated heterocycles. The van der Waals surface area contributed by atoms with Gasteiger partial charge in [0.2, 0.25) is 5.91 Å². The van der Waals surface area contributed by atoms with Crippen LogP contribution in [0.2, 0.25) is 0 Å². The third-order valence-electron chi connectivity index (χ3n) is 4.88. The van der Waals surface area contributed by atoms with Gasteiger partial charge in [-0.05, 0) is 19.3 Å². The fraction of sp³-hybridized carbons (Fsp3) is 0.300. The number of hydrogen-bond donors (Lipinski definition) is 1. The first kappa shape index (κ1) is 16.4. The average Bonchev–Trinajstić information content (AvgIpc) is 3.21. The number of nitrogens with zero attached hydrogens (tertiary/aromatic N) is 4. The van der Waals surface area contributed by atoms with Gasteiger partial charge in [0.15, 0.2) is 10.9 Å². The highest BCUT2D eigenvalue weighted by Crippen LogP contribution is 2.34. The summed E-state index contributed by atoms with van der Waals surface area (Å²) in [5.41, 5.74) is 3.76. The normalized spacial score (nSPS) is 16.7. The van der Waals surface area contributed by atoms with Crippen LogP contribution in [0.5, 0.6) is 0 Å². The van der Waals surface area contributed by atoms with E-state index in [4.69, 9.17) is 4.98 Å². The summed E-state index contributed by atoms with van der Waals surface area (Å²) in [5.74, 6) is 0.749. The van der Waals surface area contributed by atoms with Gasteiger partial charge in [-0.2, -0.15) is 0 Å². The Balaban J connectivity index is 1.45. The lowest BCUT2D eigenvalue weighted by molar-refractivity contribution is -0.117. The molecule has 0 radical (unpaired) electrons. The van der Waals surface area contributed by atoms with Gasteiger partial charge in [0.1, 0.15) is 0 Å². The second-order valence-corrected chi connectivity index (χ2v) is 7.77. The van der Waals surface area contributed by atoms with Crippen LogP contribution in [0.25, 0.3) is 22.5 Å². The van der Waals surface area contributed by atoms with Gasteiger partial charge in [0.25, 0.3) is 0 Å². The molecule has 1 aromatic carbocycles. The predicted molar refractivity (Wildman–Crippen MR) is 107 cm³/mol. The van der Waals surface area contributed by atoms with E-state index in [0.29, 0.717) is 18.3 Å². The van der Waals surface area contributed by atoms with Crippen LogP contribution >= 0.6 is 11.3 Å². The number of carbonyl (C=O) groups is 1. The molecule has 0 unspecified atom stereocenters. The van der Waals surface area contributed by atoms with Crippen molar-refractivity contribution >= 4 is 28.2 Å². The largest absolute Gasteiger partial charge is 0.359 e. The Hall–Kier alpha value is -2.80. The average molecular weight is 377 g/mol. The second-order valence-electron chi connectivity index (χ2n) is 6.91. The zero-order valence-electron chi connectivity index (χ0n) is 14.8. The minimum Gasteiger partial charge on any atom is -0.359 e. The Morgan fingerprint density at radius 3 is 2.56 bits per heavy atom. The zero-order chi connectivity index (χ0) is 18.2. The standard InChI is InChI=1S/C20H19N5OS/c26-19-6-3-9-25(19)18-11-21-16(10-22-18)14-4-1-2-5-15(14)17-12-27-20(24-17)23-13-7-8-13/h1-2,4-5,10-13H,3,6-9H2,(H,23,24). The van der Waals surface area contributed by atoms with Crippen molar-refractivity contribution < 1.29 is 4.79 Å². The van der Waals surface area contributed by atoms with Gasteiger partial charge in [-0.15, -0.1) is 11.3 Å². The number of hydrogen-bond acceptors (Lipinski definition) is 6. The predicted octanol–water partition coefficient (Wildman–Crippen LogP) is 3.97. The SMILES string of the molecule is O=C1CCCN1c1cnc(-c2ccccc2-c2csc(NC3CC3)n2)cn1. The molecule has 3 aromatic rings. The van der Waals surface area contributed by atoms with E-state index >= 15 is 0 Å². The quantitative estimate of drug-likeness (QED) is 0.728. The molecule has 1 saturated carbocycles. The number of benzene rings is 1. The number of nitrogens with one attached hydrogen (secondary N) is 1. The number of aromatic nitrogens is 3. The lowest BCUT2D eigenvalue weighted by atomic mass is 10.0. The van der Waals surface area contributed by atoms with E-state index in [0.717, 1.165) is 40.6 Å². The van der Waals surface area contributed by atoms with Crippen LogP contribution in [0.15, 0.2) is 42.0 Å². The van der Waals surface area contributed by atoms with Gasteiger partial charge >= 0.3 is 0 Å². The number of amides is 1. The van der Waals surface area contributed by atoms with Crippen LogP contribution in [-0.2, 0) is 4.79 Å². The second kappa shape index (κ2) is 6.74. The van der Waals surface area contributed by atoms with Crippen molar-refractivity contribution in [1.82, 2.24) is 15.0 Å². The van der Waals surface area contributed by atoms with Gasteiger partial charge in [-0.3, -0.25) is 14.7 Å². The summed E-state index contributed by atoms with van der Waals surface area (Å²) < 4.78 is 0. The van der Waals surface area contributed by atoms with Crippen molar-refractivity contribution in [2.75, 3.05) is 16.8 Å². The molecular formula is C20H19N5OS. The molecule has 5 rings (SSSR count). The summed E-state index contributed by atoms with van der Waals surface area (Å²) in [6.07, 6.45) is 7.37. The van der Waals surface area contributed by atoms with Crippen LogP contribution in [0.3, 0.4) is 0 Å². The third kappa shape index (κ3) is 3.30. The van der Waals surface area contributed by atoms with Crippen molar-refractivity contribution in [2.24, 2.45) is 0 Å². The van der Waals surface area contributed by atoms with Crippen molar-refractivity contribution in [3.05, 3.63) is 42.0 Å². The Bertz CT molecular complexity index is 980. The summed E-state index contributed by atoms with van der Waals surface area (Å²) in [5, 5.41) is 6.50. The Labute approximate surface area is 161 Å². The highest BCUT2D eigenvalue weighted by Gasteiger charge is 2.24. The molecule has 136 valence electrons. The van der Waals surface area contributed by atoms with Crippen molar-refractivity contribution in [3.8, 4) is 22.5 Å². The van der Waals surface area contributed by atoms with Gasteiger partial charge < -0.3 is 5.32 Å². The monoisotopic (exact) mass is 377 g/mol. The van der Waals surface area contributed by atoms with Crippen LogP contribution in [0.1, 0.15) is 25.7 Å². The first-order valence-electron chi connectivity index (χ1n) is 9.22. The summed E-state index contributed by atoms with van der Waals surface area (Å²) in [7, 11) is 0. The van der Waals surface area contributed by atoms with Gasteiger partial charge in [-0.25, -0.2) is 9.97 Å². The minimum absolute atomic E-state index is 0.121. The van der Waals surface area contributed by atoms with E-state index in [2.05, 4.69) is 26.7 Å². The van der Waals surface area contributed by atoms with E-state index in [1.165, 1.54) is 12.8 Å². The molecule has 1 N–H and O–H groups in total. The van der Waals surface area contributed by atoms with Gasteiger partial charge in [0.05, 0.1) is 23.8 Å². The van der Waals surface area contributed by atoms with Crippen molar-refractivity contribution in [2.45, 2.75) is 31.7 Å². The Kier molecular flexibility index (Phi) is 4.09. The van der Waals surface area contributed by atoms with E-state index in [1.54, 1.807) is 28.6 Å². The van der Waals surface area contributed by atoms with E-state index in [-0.39, 0.29) is 5.91 Å². The van der Waals surface area contributed by atoms with E-state index in [9.17, 15) is 4.79 Å². The molecule has 1 aliphatic heterocycles. The molecule has 1 aliphatic carbocycles. The number of thiazole rings is 1. The van der Waals surface area contributed by atoms with E-state index < -0.39 is 0 Å². The maximum Gasteiger partial charge on any atom is 0.228 e. The number of anilines is 2. The number of carbonyl (C=O) groups excluding carboxylic acids is 1. The highest BCUT2D eigenvalue weighted by atomic mass is 32.1. The molecule has 2 fully saturated rings. The lowest BCUT2D eigenvalue weighted by Gasteiger charge is -2.14. The zero-order valence-corrected chi connectivity index (χ0v) is 15.6. The molecule has 0 spiro atoms. The van der Waals surface area contributed by atoms with Gasteiger partial charge in [-0.1, -0.05) is 24.3 Å².